The number of amides is 1. The van der Waals surface area contributed by atoms with Crippen LogP contribution in [0.25, 0.3) is 11.4 Å². The van der Waals surface area contributed by atoms with E-state index in [0.29, 0.717) is 47.4 Å². The average molecular weight is 463 g/mol. The number of halogens is 2. The first kappa shape index (κ1) is 21.6. The summed E-state index contributed by atoms with van der Waals surface area (Å²) in [6.07, 6.45) is -0.257. The van der Waals surface area contributed by atoms with Crippen molar-refractivity contribution in [3.05, 3.63) is 74.2 Å². The molecule has 0 spiro atoms. The van der Waals surface area contributed by atoms with Gasteiger partial charge in [0.05, 0.1) is 28.3 Å². The van der Waals surface area contributed by atoms with E-state index in [1.807, 2.05) is 6.07 Å². The first-order valence-electron chi connectivity index (χ1n) is 9.74. The monoisotopic (exact) mass is 462 g/mol. The first-order valence-corrected chi connectivity index (χ1v) is 10.5. The zero-order chi connectivity index (χ0) is 21.8. The molecule has 1 aromatic heterocycles. The predicted molar refractivity (Wildman–Crippen MR) is 116 cm³/mol. The molecule has 8 nitrogen and oxygen atoms in total. The number of carbonyl (C=O) groups is 1. The molecule has 10 heteroatoms. The van der Waals surface area contributed by atoms with Crippen LogP contribution in [-0.4, -0.2) is 42.3 Å². The van der Waals surface area contributed by atoms with Gasteiger partial charge in [0, 0.05) is 31.1 Å². The van der Waals surface area contributed by atoms with Crippen LogP contribution >= 0.6 is 23.2 Å². The molecular formula is C21H20Cl2N4O4. The molecule has 4 rings (SSSR count). The van der Waals surface area contributed by atoms with Crippen molar-refractivity contribution in [2.45, 2.75) is 6.10 Å². The lowest BCUT2D eigenvalue weighted by atomic mass is 9.95. The van der Waals surface area contributed by atoms with Gasteiger partial charge < -0.3 is 15.4 Å². The molecule has 1 aliphatic rings. The third kappa shape index (κ3) is 4.99. The molecule has 0 bridgehead atoms. The van der Waals surface area contributed by atoms with Crippen molar-refractivity contribution in [3.63, 3.8) is 0 Å². The number of H-pyrrole nitrogens is 1. The van der Waals surface area contributed by atoms with Gasteiger partial charge in [-0.25, -0.2) is 4.79 Å². The molecule has 2 aromatic carbocycles. The van der Waals surface area contributed by atoms with E-state index in [1.54, 1.807) is 36.4 Å². The largest absolute Gasteiger partial charge is 0.439 e. The molecule has 0 radical (unpaired) electrons. The molecule has 1 fully saturated rings. The number of nitrogens with one attached hydrogen (secondary N) is 3. The number of ether oxygens (including phenoxy) is 1. The van der Waals surface area contributed by atoms with Crippen LogP contribution in [-0.2, 0) is 4.74 Å². The number of rotatable bonds is 5. The fourth-order valence-electron chi connectivity index (χ4n) is 3.58. The molecule has 1 saturated heterocycles. The summed E-state index contributed by atoms with van der Waals surface area (Å²) in [6.45, 7) is 2.27. The number of aromatic nitrogens is 2. The Morgan fingerprint density at radius 1 is 1.19 bits per heavy atom. The summed E-state index contributed by atoms with van der Waals surface area (Å²) in [5.41, 5.74) is 1.75. The second-order valence-electron chi connectivity index (χ2n) is 7.13. The van der Waals surface area contributed by atoms with Crippen LogP contribution in [0.15, 0.2) is 51.8 Å². The average Bonchev–Trinajstić information content (AvgIpc) is 3.07. The highest BCUT2D eigenvalue weighted by Gasteiger charge is 2.27. The Hall–Kier alpha value is -2.65. The topological polar surface area (TPSA) is 109 Å². The molecule has 2 atom stereocenters. The van der Waals surface area contributed by atoms with Crippen LogP contribution < -0.4 is 16.4 Å². The molecule has 0 unspecified atom stereocenters. The number of aromatic amines is 1. The van der Waals surface area contributed by atoms with E-state index in [4.69, 9.17) is 27.9 Å². The van der Waals surface area contributed by atoms with Gasteiger partial charge in [0.25, 0.3) is 5.91 Å². The van der Waals surface area contributed by atoms with Gasteiger partial charge in [-0.05, 0) is 23.8 Å². The maximum Gasteiger partial charge on any atom is 0.439 e. The minimum absolute atomic E-state index is 0.0392. The fraction of sp³-hybridized carbons (Fsp3) is 0.286. The highest BCUT2D eigenvalue weighted by atomic mass is 35.5. The van der Waals surface area contributed by atoms with E-state index in [2.05, 4.69) is 25.3 Å². The summed E-state index contributed by atoms with van der Waals surface area (Å²) in [7, 11) is 0. The van der Waals surface area contributed by atoms with E-state index in [0.717, 1.165) is 5.56 Å². The lowest BCUT2D eigenvalue weighted by molar-refractivity contribution is 0.0306. The quantitative estimate of drug-likeness (QED) is 0.537. The Morgan fingerprint density at radius 2 is 2.03 bits per heavy atom. The normalized spacial score (nSPS) is 19.0. The van der Waals surface area contributed by atoms with Gasteiger partial charge in [-0.2, -0.15) is 0 Å². The van der Waals surface area contributed by atoms with E-state index in [1.165, 1.54) is 0 Å². The third-order valence-corrected chi connectivity index (χ3v) is 5.81. The van der Waals surface area contributed by atoms with Crippen molar-refractivity contribution in [1.82, 2.24) is 20.8 Å². The van der Waals surface area contributed by atoms with Crippen LogP contribution in [0.2, 0.25) is 10.0 Å². The van der Waals surface area contributed by atoms with Crippen molar-refractivity contribution in [2.75, 3.05) is 26.2 Å². The second-order valence-corrected chi connectivity index (χ2v) is 7.94. The molecule has 0 aliphatic carbocycles. The summed E-state index contributed by atoms with van der Waals surface area (Å²) >= 11 is 12.2. The molecule has 3 aromatic rings. The van der Waals surface area contributed by atoms with Gasteiger partial charge in [0.15, 0.2) is 5.82 Å². The highest BCUT2D eigenvalue weighted by Crippen LogP contribution is 2.32. The Morgan fingerprint density at radius 3 is 2.81 bits per heavy atom. The predicted octanol–water partition coefficient (Wildman–Crippen LogP) is 3.04. The molecule has 162 valence electrons. The lowest BCUT2D eigenvalue weighted by Crippen LogP contribution is -2.36. The first-order chi connectivity index (χ1) is 15.0. The van der Waals surface area contributed by atoms with Crippen LogP contribution in [0.3, 0.4) is 0 Å². The van der Waals surface area contributed by atoms with Crippen LogP contribution in [0, 0.1) is 5.92 Å². The number of carbonyl (C=O) groups excluding carboxylic acids is 1. The second kappa shape index (κ2) is 9.65. The summed E-state index contributed by atoms with van der Waals surface area (Å²) < 4.78 is 10.6. The van der Waals surface area contributed by atoms with Crippen molar-refractivity contribution in [1.29, 1.82) is 0 Å². The molecule has 1 amide bonds. The minimum Gasteiger partial charge on any atom is -0.372 e. The maximum absolute atomic E-state index is 13.0. The molecular weight excluding hydrogens is 443 g/mol. The van der Waals surface area contributed by atoms with E-state index in [9.17, 15) is 9.59 Å². The Balaban J connectivity index is 1.52. The molecule has 2 heterocycles. The number of hydrogen-bond acceptors (Lipinski definition) is 6. The summed E-state index contributed by atoms with van der Waals surface area (Å²) in [4.78, 5) is 26.7. The van der Waals surface area contributed by atoms with Gasteiger partial charge in [-0.3, -0.25) is 14.3 Å². The van der Waals surface area contributed by atoms with E-state index < -0.39 is 5.76 Å². The third-order valence-electron chi connectivity index (χ3n) is 5.08. The number of nitrogens with zero attached hydrogens (tertiary/aromatic N) is 1. The van der Waals surface area contributed by atoms with Crippen LogP contribution in [0.1, 0.15) is 22.0 Å². The van der Waals surface area contributed by atoms with E-state index >= 15 is 0 Å². The van der Waals surface area contributed by atoms with Gasteiger partial charge in [-0.15, -0.1) is 0 Å². The Kier molecular flexibility index (Phi) is 6.72. The van der Waals surface area contributed by atoms with Crippen LogP contribution in [0.5, 0.6) is 0 Å². The minimum atomic E-state index is -0.684. The van der Waals surface area contributed by atoms with Gasteiger partial charge in [-0.1, -0.05) is 52.6 Å². The molecule has 1 aliphatic heterocycles. The summed E-state index contributed by atoms with van der Waals surface area (Å²) in [6, 6.07) is 12.3. The molecule has 0 saturated carbocycles. The highest BCUT2D eigenvalue weighted by molar-refractivity contribution is 6.42. The van der Waals surface area contributed by atoms with Crippen molar-refractivity contribution in [2.24, 2.45) is 5.92 Å². The fourth-order valence-corrected chi connectivity index (χ4v) is 3.88. The van der Waals surface area contributed by atoms with Gasteiger partial charge in [0.1, 0.15) is 0 Å². The molecule has 3 N–H and O–H groups in total. The van der Waals surface area contributed by atoms with Gasteiger partial charge >= 0.3 is 5.76 Å². The van der Waals surface area contributed by atoms with Crippen LogP contribution in [0.4, 0.5) is 0 Å². The molecule has 31 heavy (non-hydrogen) atoms. The summed E-state index contributed by atoms with van der Waals surface area (Å²) in [5.74, 6) is -0.820. The number of benzene rings is 2. The van der Waals surface area contributed by atoms with Gasteiger partial charge in [0.2, 0.25) is 0 Å². The standard InChI is InChI=1S/C21H20Cl2N4O4/c22-16-6-5-12(9-17(16)23)18-13(10-24-7-8-30-18)11-25-20(28)15-4-2-1-3-14(15)19-26-21(29)31-27-19/h1-6,9,13,18,24H,7-8,10-11H2,(H,25,28)(H,26,27,29)/t13-,18-/m0/s1. The zero-order valence-corrected chi connectivity index (χ0v) is 17.9. The number of hydrogen-bond donors (Lipinski definition) is 3. The Labute approximate surface area is 187 Å². The zero-order valence-electron chi connectivity index (χ0n) is 16.4. The van der Waals surface area contributed by atoms with Crippen molar-refractivity contribution < 1.29 is 14.1 Å². The van der Waals surface area contributed by atoms with Crippen molar-refractivity contribution >= 4 is 29.1 Å². The lowest BCUT2D eigenvalue weighted by Gasteiger charge is -2.26. The van der Waals surface area contributed by atoms with E-state index in [-0.39, 0.29) is 23.8 Å². The maximum atomic E-state index is 13.0. The SMILES string of the molecule is O=C(NC[C@@H]1CNCCO[C@H]1c1ccc(Cl)c(Cl)c1)c1ccccc1-c1noc(=O)[nH]1. The summed E-state index contributed by atoms with van der Waals surface area (Å²) in [5, 5.41) is 10.9. The smallest absolute Gasteiger partial charge is 0.372 e. The van der Waals surface area contributed by atoms with Crippen molar-refractivity contribution in [3.8, 4) is 11.4 Å². The Bertz CT molecular complexity index is 1130.